The topological polar surface area (TPSA) is 15.3 Å². The van der Waals surface area contributed by atoms with Crippen molar-refractivity contribution in [1.29, 1.82) is 0 Å². The van der Waals surface area contributed by atoms with Crippen LogP contribution in [0.2, 0.25) is 0 Å². The maximum Gasteiger partial charge on any atom is 0.0577 e. The lowest BCUT2D eigenvalue weighted by Crippen LogP contribution is -2.22. The van der Waals surface area contributed by atoms with E-state index in [1.165, 1.54) is 27.9 Å². The number of nitrogens with zero attached hydrogens (tertiary/aromatic N) is 1. The maximum absolute atomic E-state index is 3.62. The summed E-state index contributed by atoms with van der Waals surface area (Å²) in [6.07, 6.45) is 0. The number of rotatable bonds is 5. The molecule has 0 spiro atoms. The second kappa shape index (κ2) is 6.77. The van der Waals surface area contributed by atoms with Crippen LogP contribution in [0, 0.1) is 13.8 Å². The Kier molecular flexibility index (Phi) is 5.03. The fourth-order valence-corrected chi connectivity index (χ4v) is 2.79. The van der Waals surface area contributed by atoms with Crippen molar-refractivity contribution in [3.05, 3.63) is 64.7 Å². The SMILES string of the molecule is CCNC(c1cc(C)cc(C)c1)c1cccc(N(C)C)c1. The summed E-state index contributed by atoms with van der Waals surface area (Å²) in [5.74, 6) is 0. The van der Waals surface area contributed by atoms with Gasteiger partial charge in [0.2, 0.25) is 0 Å². The highest BCUT2D eigenvalue weighted by Crippen LogP contribution is 2.26. The van der Waals surface area contributed by atoms with Crippen molar-refractivity contribution >= 4 is 5.69 Å². The Hall–Kier alpha value is -1.80. The molecule has 2 nitrogen and oxygen atoms in total. The minimum Gasteiger partial charge on any atom is -0.378 e. The Morgan fingerprint density at radius 3 is 2.19 bits per heavy atom. The van der Waals surface area contributed by atoms with E-state index in [-0.39, 0.29) is 6.04 Å². The molecule has 2 heteroatoms. The zero-order valence-corrected chi connectivity index (χ0v) is 13.8. The van der Waals surface area contributed by atoms with Gasteiger partial charge in [-0.3, -0.25) is 0 Å². The van der Waals surface area contributed by atoms with E-state index in [0.717, 1.165) is 6.54 Å². The third kappa shape index (κ3) is 3.85. The summed E-state index contributed by atoms with van der Waals surface area (Å²) in [5.41, 5.74) is 6.52. The zero-order valence-electron chi connectivity index (χ0n) is 13.8. The average Bonchev–Trinajstić information content (AvgIpc) is 2.43. The average molecular weight is 282 g/mol. The number of benzene rings is 2. The third-order valence-corrected chi connectivity index (χ3v) is 3.71. The standard InChI is InChI=1S/C19H26N2/c1-6-20-19(17-11-14(2)10-15(3)12-17)16-8-7-9-18(13-16)21(4)5/h7-13,19-20H,6H2,1-5H3. The molecule has 0 heterocycles. The second-order valence-corrected chi connectivity index (χ2v) is 5.90. The quantitative estimate of drug-likeness (QED) is 0.889. The molecule has 0 aliphatic carbocycles. The first-order valence-corrected chi connectivity index (χ1v) is 7.60. The monoisotopic (exact) mass is 282 g/mol. The van der Waals surface area contributed by atoms with E-state index in [4.69, 9.17) is 0 Å². The van der Waals surface area contributed by atoms with E-state index in [2.05, 4.69) is 87.5 Å². The van der Waals surface area contributed by atoms with Crippen LogP contribution in [0.1, 0.15) is 35.2 Å². The van der Waals surface area contributed by atoms with E-state index in [9.17, 15) is 0 Å². The van der Waals surface area contributed by atoms with Gasteiger partial charge in [0.05, 0.1) is 6.04 Å². The Morgan fingerprint density at radius 1 is 0.952 bits per heavy atom. The van der Waals surface area contributed by atoms with Crippen molar-refractivity contribution in [2.75, 3.05) is 25.5 Å². The van der Waals surface area contributed by atoms with Gasteiger partial charge >= 0.3 is 0 Å². The van der Waals surface area contributed by atoms with E-state index >= 15 is 0 Å². The summed E-state index contributed by atoms with van der Waals surface area (Å²) in [6, 6.07) is 15.8. The highest BCUT2D eigenvalue weighted by Gasteiger charge is 2.14. The molecule has 0 radical (unpaired) electrons. The first kappa shape index (κ1) is 15.6. The van der Waals surface area contributed by atoms with Gasteiger partial charge in [-0.2, -0.15) is 0 Å². The summed E-state index contributed by atoms with van der Waals surface area (Å²) in [6.45, 7) is 7.43. The van der Waals surface area contributed by atoms with Gasteiger partial charge in [-0.15, -0.1) is 0 Å². The van der Waals surface area contributed by atoms with Crippen molar-refractivity contribution in [3.63, 3.8) is 0 Å². The van der Waals surface area contributed by atoms with Crippen molar-refractivity contribution in [1.82, 2.24) is 5.32 Å². The van der Waals surface area contributed by atoms with Crippen LogP contribution in [0.25, 0.3) is 0 Å². The lowest BCUT2D eigenvalue weighted by atomic mass is 9.95. The fourth-order valence-electron chi connectivity index (χ4n) is 2.79. The fraction of sp³-hybridized carbons (Fsp3) is 0.368. The molecular weight excluding hydrogens is 256 g/mol. The molecule has 1 atom stereocenters. The lowest BCUT2D eigenvalue weighted by Gasteiger charge is -2.22. The summed E-state index contributed by atoms with van der Waals surface area (Å²) < 4.78 is 0. The Morgan fingerprint density at radius 2 is 1.62 bits per heavy atom. The van der Waals surface area contributed by atoms with Gasteiger partial charge in [0, 0.05) is 19.8 Å². The molecule has 21 heavy (non-hydrogen) atoms. The number of anilines is 1. The van der Waals surface area contributed by atoms with Crippen LogP contribution in [0.5, 0.6) is 0 Å². The number of nitrogens with one attached hydrogen (secondary N) is 1. The molecule has 0 saturated carbocycles. The number of hydrogen-bond acceptors (Lipinski definition) is 2. The molecule has 0 aromatic heterocycles. The lowest BCUT2D eigenvalue weighted by molar-refractivity contribution is 0.630. The van der Waals surface area contributed by atoms with E-state index in [1.54, 1.807) is 0 Å². The predicted octanol–water partition coefficient (Wildman–Crippen LogP) is 4.07. The van der Waals surface area contributed by atoms with Gasteiger partial charge in [-0.25, -0.2) is 0 Å². The van der Waals surface area contributed by atoms with E-state index in [0.29, 0.717) is 0 Å². The van der Waals surface area contributed by atoms with Crippen LogP contribution < -0.4 is 10.2 Å². The zero-order chi connectivity index (χ0) is 15.4. The van der Waals surface area contributed by atoms with Crippen LogP contribution in [-0.2, 0) is 0 Å². The Bertz CT molecular complexity index is 582. The summed E-state index contributed by atoms with van der Waals surface area (Å²) in [4.78, 5) is 2.15. The van der Waals surface area contributed by atoms with Gasteiger partial charge in [0.1, 0.15) is 0 Å². The van der Waals surface area contributed by atoms with E-state index < -0.39 is 0 Å². The van der Waals surface area contributed by atoms with Gasteiger partial charge < -0.3 is 10.2 Å². The summed E-state index contributed by atoms with van der Waals surface area (Å²) >= 11 is 0. The molecule has 0 saturated heterocycles. The van der Waals surface area contributed by atoms with Gasteiger partial charge in [0.25, 0.3) is 0 Å². The summed E-state index contributed by atoms with van der Waals surface area (Å²) in [5, 5.41) is 3.62. The normalized spacial score (nSPS) is 12.2. The molecule has 0 bridgehead atoms. The highest BCUT2D eigenvalue weighted by molar-refractivity contribution is 5.49. The smallest absolute Gasteiger partial charge is 0.0577 e. The second-order valence-electron chi connectivity index (χ2n) is 5.90. The minimum absolute atomic E-state index is 0.244. The maximum atomic E-state index is 3.62. The molecular formula is C19H26N2. The Labute approximate surface area is 128 Å². The van der Waals surface area contributed by atoms with Crippen LogP contribution in [0.15, 0.2) is 42.5 Å². The molecule has 112 valence electrons. The third-order valence-electron chi connectivity index (χ3n) is 3.71. The number of hydrogen-bond donors (Lipinski definition) is 1. The van der Waals surface area contributed by atoms with Crippen LogP contribution in [0.4, 0.5) is 5.69 Å². The molecule has 2 aromatic rings. The first-order chi connectivity index (χ1) is 10.0. The molecule has 0 aliphatic heterocycles. The first-order valence-electron chi connectivity index (χ1n) is 7.60. The molecule has 2 rings (SSSR count). The minimum atomic E-state index is 0.244. The van der Waals surface area contributed by atoms with Crippen LogP contribution >= 0.6 is 0 Å². The molecule has 0 fully saturated rings. The molecule has 1 unspecified atom stereocenters. The van der Waals surface area contributed by atoms with Gasteiger partial charge in [-0.05, 0) is 43.7 Å². The van der Waals surface area contributed by atoms with Crippen molar-refractivity contribution in [2.24, 2.45) is 0 Å². The van der Waals surface area contributed by atoms with Gasteiger partial charge in [-0.1, -0.05) is 48.4 Å². The molecule has 2 aromatic carbocycles. The number of aryl methyl sites for hydroxylation is 2. The van der Waals surface area contributed by atoms with Crippen molar-refractivity contribution in [3.8, 4) is 0 Å². The molecule has 1 N–H and O–H groups in total. The van der Waals surface area contributed by atoms with Crippen LogP contribution in [-0.4, -0.2) is 20.6 Å². The predicted molar refractivity (Wildman–Crippen MR) is 92.2 cm³/mol. The van der Waals surface area contributed by atoms with Gasteiger partial charge in [0.15, 0.2) is 0 Å². The van der Waals surface area contributed by atoms with Crippen molar-refractivity contribution < 1.29 is 0 Å². The van der Waals surface area contributed by atoms with E-state index in [1.807, 2.05) is 0 Å². The molecule has 0 amide bonds. The molecule has 0 aliphatic rings. The van der Waals surface area contributed by atoms with Crippen molar-refractivity contribution in [2.45, 2.75) is 26.8 Å². The highest BCUT2D eigenvalue weighted by atomic mass is 15.1. The summed E-state index contributed by atoms with van der Waals surface area (Å²) in [7, 11) is 4.16. The Balaban J connectivity index is 2.45. The van der Waals surface area contributed by atoms with Crippen LogP contribution in [0.3, 0.4) is 0 Å². The largest absolute Gasteiger partial charge is 0.378 e.